The normalized spacial score (nSPS) is 16.3. The maximum atomic E-state index is 12.9. The van der Waals surface area contributed by atoms with Crippen LogP contribution in [0.25, 0.3) is 10.2 Å². The summed E-state index contributed by atoms with van der Waals surface area (Å²) >= 11 is 1.64. The standard InChI is InChI=1S/C23H30N4O2S/c1-4-15(2)13-17-16(3)30-23-21(17)22(29)24-20(25-23)14-26-9-11-27(12-10-26)18-7-5-6-8-19(18)28/h5-8,15,28H,4,9-14H2,1-3H3,(H,24,25,29)/p+1/t15-/m1/s1. The molecular formula is C23H31N4O2S+. The monoisotopic (exact) mass is 427 g/mol. The minimum Gasteiger partial charge on any atom is -0.506 e. The zero-order valence-electron chi connectivity index (χ0n) is 18.0. The molecule has 6 nitrogen and oxygen atoms in total. The minimum absolute atomic E-state index is 0.00453. The molecule has 3 heterocycles. The zero-order valence-corrected chi connectivity index (χ0v) is 18.8. The Hall–Kier alpha value is -2.38. The Morgan fingerprint density at radius 3 is 2.73 bits per heavy atom. The second-order valence-electron chi connectivity index (χ2n) is 8.45. The number of piperazine rings is 1. The molecule has 0 spiro atoms. The molecule has 1 aliphatic rings. The van der Waals surface area contributed by atoms with Crippen LogP contribution in [0.4, 0.5) is 5.69 Å². The Kier molecular flexibility index (Phi) is 6.11. The van der Waals surface area contributed by atoms with Gasteiger partial charge in [-0.15, -0.1) is 11.3 Å². The lowest BCUT2D eigenvalue weighted by molar-refractivity contribution is -0.915. The van der Waals surface area contributed by atoms with Crippen LogP contribution in [0, 0.1) is 12.8 Å². The van der Waals surface area contributed by atoms with E-state index in [0.717, 1.165) is 67.3 Å². The minimum atomic E-state index is 0.00453. The molecule has 0 amide bonds. The third-order valence-electron chi connectivity index (χ3n) is 6.27. The molecule has 4 rings (SSSR count). The molecule has 1 atom stereocenters. The number of thiophene rings is 1. The van der Waals surface area contributed by atoms with Crippen LogP contribution in [0.15, 0.2) is 29.1 Å². The predicted octanol–water partition coefficient (Wildman–Crippen LogP) is 2.49. The SMILES string of the molecule is CC[C@@H](C)Cc1c(C)sc2nc(C[NH+]3CCN(c4ccccc4O)CC3)[nH]c(=O)c12. The fraction of sp³-hybridized carbons (Fsp3) is 0.478. The molecule has 1 aromatic carbocycles. The number of aromatic hydroxyl groups is 1. The third-order valence-corrected chi connectivity index (χ3v) is 7.31. The summed E-state index contributed by atoms with van der Waals surface area (Å²) in [5, 5.41) is 10.9. The molecule has 7 heteroatoms. The van der Waals surface area contributed by atoms with Gasteiger partial charge in [-0.2, -0.15) is 0 Å². The molecular weight excluding hydrogens is 396 g/mol. The van der Waals surface area contributed by atoms with Crippen molar-refractivity contribution in [1.82, 2.24) is 9.97 Å². The number of para-hydroxylation sites is 2. The Morgan fingerprint density at radius 1 is 1.30 bits per heavy atom. The average Bonchev–Trinajstić information content (AvgIpc) is 3.04. The summed E-state index contributed by atoms with van der Waals surface area (Å²) in [5.74, 6) is 1.67. The highest BCUT2D eigenvalue weighted by atomic mass is 32.1. The molecule has 1 saturated heterocycles. The van der Waals surface area contributed by atoms with Crippen molar-refractivity contribution in [2.24, 2.45) is 5.92 Å². The summed E-state index contributed by atoms with van der Waals surface area (Å²) in [6.07, 6.45) is 2.04. The van der Waals surface area contributed by atoms with Gasteiger partial charge < -0.3 is 19.9 Å². The smallest absolute Gasteiger partial charge is 0.260 e. The van der Waals surface area contributed by atoms with Crippen LogP contribution in [0.5, 0.6) is 5.75 Å². The second kappa shape index (κ2) is 8.78. The molecule has 3 N–H and O–H groups in total. The van der Waals surface area contributed by atoms with Gasteiger partial charge in [-0.1, -0.05) is 32.4 Å². The van der Waals surface area contributed by atoms with E-state index in [1.54, 1.807) is 17.4 Å². The van der Waals surface area contributed by atoms with Crippen LogP contribution >= 0.6 is 11.3 Å². The number of anilines is 1. The first-order valence-corrected chi connectivity index (χ1v) is 11.7. The number of nitrogens with zero attached hydrogens (tertiary/aromatic N) is 2. The quantitative estimate of drug-likeness (QED) is 0.565. The van der Waals surface area contributed by atoms with Gasteiger partial charge in [0.1, 0.15) is 17.1 Å². The van der Waals surface area contributed by atoms with E-state index in [0.29, 0.717) is 11.7 Å². The highest BCUT2D eigenvalue weighted by Crippen LogP contribution is 2.29. The van der Waals surface area contributed by atoms with Crippen molar-refractivity contribution in [3.63, 3.8) is 0 Å². The fourth-order valence-corrected chi connectivity index (χ4v) is 5.32. The maximum Gasteiger partial charge on any atom is 0.260 e. The highest BCUT2D eigenvalue weighted by molar-refractivity contribution is 7.18. The average molecular weight is 428 g/mol. The van der Waals surface area contributed by atoms with E-state index in [1.165, 1.54) is 15.3 Å². The molecule has 2 aromatic heterocycles. The maximum absolute atomic E-state index is 12.9. The van der Waals surface area contributed by atoms with Crippen molar-refractivity contribution in [1.29, 1.82) is 0 Å². The van der Waals surface area contributed by atoms with Gasteiger partial charge in [-0.25, -0.2) is 4.98 Å². The van der Waals surface area contributed by atoms with Crippen LogP contribution in [-0.4, -0.2) is 41.3 Å². The predicted molar refractivity (Wildman–Crippen MR) is 123 cm³/mol. The van der Waals surface area contributed by atoms with Gasteiger partial charge in [-0.05, 0) is 37.0 Å². The summed E-state index contributed by atoms with van der Waals surface area (Å²) in [4.78, 5) is 26.5. The fourth-order valence-electron chi connectivity index (χ4n) is 4.25. The van der Waals surface area contributed by atoms with Crippen molar-refractivity contribution in [2.45, 2.75) is 40.2 Å². The van der Waals surface area contributed by atoms with Gasteiger partial charge in [-0.3, -0.25) is 4.79 Å². The van der Waals surface area contributed by atoms with E-state index in [9.17, 15) is 9.90 Å². The van der Waals surface area contributed by atoms with Crippen molar-refractivity contribution >= 4 is 27.2 Å². The first-order chi connectivity index (χ1) is 14.5. The van der Waals surface area contributed by atoms with Gasteiger partial charge in [0.2, 0.25) is 0 Å². The van der Waals surface area contributed by atoms with Crippen molar-refractivity contribution < 1.29 is 10.0 Å². The number of H-pyrrole nitrogens is 1. The number of rotatable bonds is 6. The highest BCUT2D eigenvalue weighted by Gasteiger charge is 2.23. The van der Waals surface area contributed by atoms with Crippen LogP contribution in [0.1, 0.15) is 36.5 Å². The Morgan fingerprint density at radius 2 is 2.03 bits per heavy atom. The zero-order chi connectivity index (χ0) is 21.3. The number of aryl methyl sites for hydroxylation is 1. The van der Waals surface area contributed by atoms with Gasteiger partial charge in [0.15, 0.2) is 5.82 Å². The van der Waals surface area contributed by atoms with Crippen LogP contribution in [0.2, 0.25) is 0 Å². The molecule has 1 aliphatic heterocycles. The molecule has 160 valence electrons. The van der Waals surface area contributed by atoms with Gasteiger partial charge >= 0.3 is 0 Å². The molecule has 0 unspecified atom stereocenters. The summed E-state index contributed by atoms with van der Waals surface area (Å²) in [6.45, 7) is 10.9. The number of nitrogens with one attached hydrogen (secondary N) is 2. The summed E-state index contributed by atoms with van der Waals surface area (Å²) in [5.41, 5.74) is 2.07. The van der Waals surface area contributed by atoms with Crippen LogP contribution in [-0.2, 0) is 13.0 Å². The molecule has 0 aliphatic carbocycles. The van der Waals surface area contributed by atoms with Gasteiger partial charge in [0, 0.05) is 4.88 Å². The van der Waals surface area contributed by atoms with E-state index in [2.05, 4.69) is 30.7 Å². The Labute approximate surface area is 181 Å². The molecule has 3 aromatic rings. The number of aromatic nitrogens is 2. The van der Waals surface area contributed by atoms with Crippen molar-refractivity contribution in [3.8, 4) is 5.75 Å². The molecule has 0 radical (unpaired) electrons. The summed E-state index contributed by atoms with van der Waals surface area (Å²) in [7, 11) is 0. The Balaban J connectivity index is 1.47. The second-order valence-corrected chi connectivity index (χ2v) is 9.65. The number of hydrogen-bond donors (Lipinski definition) is 3. The molecule has 0 saturated carbocycles. The number of phenolic OH excluding ortho intramolecular Hbond substituents is 1. The lowest BCUT2D eigenvalue weighted by Gasteiger charge is -2.33. The number of aromatic amines is 1. The largest absolute Gasteiger partial charge is 0.506 e. The number of hydrogen-bond acceptors (Lipinski definition) is 5. The lowest BCUT2D eigenvalue weighted by atomic mass is 9.98. The van der Waals surface area contributed by atoms with Gasteiger partial charge in [0.05, 0.1) is 37.3 Å². The number of quaternary nitrogens is 1. The first-order valence-electron chi connectivity index (χ1n) is 10.8. The van der Waals surface area contributed by atoms with E-state index in [1.807, 2.05) is 18.2 Å². The molecule has 1 fully saturated rings. The van der Waals surface area contributed by atoms with E-state index >= 15 is 0 Å². The van der Waals surface area contributed by atoms with Crippen molar-refractivity contribution in [2.75, 3.05) is 31.1 Å². The topological polar surface area (TPSA) is 73.7 Å². The Bertz CT molecular complexity index is 1080. The molecule has 0 bridgehead atoms. The first kappa shape index (κ1) is 20.9. The number of phenols is 1. The number of fused-ring (bicyclic) bond motifs is 1. The van der Waals surface area contributed by atoms with E-state index in [4.69, 9.17) is 4.98 Å². The summed E-state index contributed by atoms with van der Waals surface area (Å²) in [6, 6.07) is 7.50. The van der Waals surface area contributed by atoms with Crippen LogP contribution < -0.4 is 15.4 Å². The lowest BCUT2D eigenvalue weighted by Crippen LogP contribution is -3.13. The van der Waals surface area contributed by atoms with E-state index < -0.39 is 0 Å². The van der Waals surface area contributed by atoms with Gasteiger partial charge in [0.25, 0.3) is 5.56 Å². The summed E-state index contributed by atoms with van der Waals surface area (Å²) < 4.78 is 0. The van der Waals surface area contributed by atoms with Crippen LogP contribution in [0.3, 0.4) is 0 Å². The number of benzene rings is 1. The van der Waals surface area contributed by atoms with Crippen molar-refractivity contribution in [3.05, 3.63) is 50.9 Å². The third kappa shape index (κ3) is 4.23. The van der Waals surface area contributed by atoms with E-state index in [-0.39, 0.29) is 5.56 Å². The molecule has 30 heavy (non-hydrogen) atoms.